The molecule has 4 rings (SSSR count). The number of nitrogens with one attached hydrogen (secondary N) is 1. The van der Waals surface area contributed by atoms with Gasteiger partial charge >= 0.3 is 0 Å². The van der Waals surface area contributed by atoms with Crippen LogP contribution in [-0.2, 0) is 9.84 Å². The summed E-state index contributed by atoms with van der Waals surface area (Å²) >= 11 is 0. The molecule has 7 nitrogen and oxygen atoms in total. The van der Waals surface area contributed by atoms with Gasteiger partial charge in [-0.3, -0.25) is 0 Å². The van der Waals surface area contributed by atoms with Crippen molar-refractivity contribution in [2.75, 3.05) is 50.4 Å². The topological polar surface area (TPSA) is 78.4 Å². The molecule has 3 aliphatic rings. The summed E-state index contributed by atoms with van der Waals surface area (Å²) in [5, 5.41) is 3.37. The number of piperidine rings is 2. The van der Waals surface area contributed by atoms with Gasteiger partial charge in [0.1, 0.15) is 4.90 Å². The largest absolute Gasteiger partial charge is 0.341 e. The van der Waals surface area contributed by atoms with Gasteiger partial charge in [0.25, 0.3) is 0 Å². The number of anilines is 1. The number of hydrogen-bond acceptors (Lipinski definition) is 7. The van der Waals surface area contributed by atoms with Gasteiger partial charge in [-0.15, -0.1) is 0 Å². The minimum Gasteiger partial charge on any atom is -0.341 e. The van der Waals surface area contributed by atoms with E-state index in [0.29, 0.717) is 22.6 Å². The van der Waals surface area contributed by atoms with Gasteiger partial charge in [-0.05, 0) is 58.2 Å². The lowest BCUT2D eigenvalue weighted by Gasteiger charge is -2.37. The molecule has 8 heteroatoms. The number of sulfone groups is 1. The Balaban J connectivity index is 1.53. The summed E-state index contributed by atoms with van der Waals surface area (Å²) in [5.74, 6) is 0.843. The molecule has 1 aromatic heterocycles. The Labute approximate surface area is 162 Å². The molecule has 1 atom stereocenters. The summed E-state index contributed by atoms with van der Waals surface area (Å²) in [7, 11) is -3.33. The third kappa shape index (κ3) is 4.27. The van der Waals surface area contributed by atoms with Gasteiger partial charge in [0.15, 0.2) is 9.84 Å². The van der Waals surface area contributed by atoms with E-state index in [-0.39, 0.29) is 5.92 Å². The van der Waals surface area contributed by atoms with Crippen molar-refractivity contribution >= 4 is 15.8 Å². The Morgan fingerprint density at radius 2 is 1.81 bits per heavy atom. The van der Waals surface area contributed by atoms with Gasteiger partial charge < -0.3 is 15.1 Å². The average Bonchev–Trinajstić information content (AvgIpc) is 3.22. The summed E-state index contributed by atoms with van der Waals surface area (Å²) in [6.07, 6.45) is 9.75. The van der Waals surface area contributed by atoms with Gasteiger partial charge in [0.05, 0.1) is 11.9 Å². The van der Waals surface area contributed by atoms with Crippen molar-refractivity contribution in [1.29, 1.82) is 0 Å². The number of aromatic nitrogens is 2. The van der Waals surface area contributed by atoms with Crippen LogP contribution in [0.3, 0.4) is 0 Å². The first-order chi connectivity index (χ1) is 13.0. The highest BCUT2D eigenvalue weighted by Crippen LogP contribution is 2.30. The Hall–Kier alpha value is -1.25. The molecule has 0 aromatic carbocycles. The van der Waals surface area contributed by atoms with E-state index >= 15 is 0 Å². The van der Waals surface area contributed by atoms with Crippen LogP contribution in [-0.4, -0.2) is 74.9 Å². The second-order valence-electron chi connectivity index (χ2n) is 8.20. The lowest BCUT2D eigenvalue weighted by molar-refractivity contribution is 0.207. The van der Waals surface area contributed by atoms with Crippen LogP contribution < -0.4 is 10.2 Å². The van der Waals surface area contributed by atoms with Gasteiger partial charge in [-0.1, -0.05) is 0 Å². The zero-order valence-electron chi connectivity index (χ0n) is 16.2. The summed E-state index contributed by atoms with van der Waals surface area (Å²) < 4.78 is 24.5. The molecule has 0 spiro atoms. The quantitative estimate of drug-likeness (QED) is 0.829. The van der Waals surface area contributed by atoms with Gasteiger partial charge in [-0.2, -0.15) is 0 Å². The molecule has 3 saturated heterocycles. The van der Waals surface area contributed by atoms with Crippen molar-refractivity contribution < 1.29 is 8.42 Å². The van der Waals surface area contributed by atoms with Crippen LogP contribution in [0.15, 0.2) is 11.1 Å². The lowest BCUT2D eigenvalue weighted by atomic mass is 9.96. The molecular weight excluding hydrogens is 362 g/mol. The zero-order valence-corrected chi connectivity index (χ0v) is 17.0. The van der Waals surface area contributed by atoms with E-state index in [4.69, 9.17) is 4.98 Å². The fraction of sp³-hybridized carbons (Fsp3) is 0.789. The van der Waals surface area contributed by atoms with E-state index in [1.54, 1.807) is 0 Å². The summed E-state index contributed by atoms with van der Waals surface area (Å²) in [4.78, 5) is 14.4. The fourth-order valence-electron chi connectivity index (χ4n) is 4.73. The summed E-state index contributed by atoms with van der Waals surface area (Å²) in [6.45, 7) is 6.15. The van der Waals surface area contributed by atoms with Crippen molar-refractivity contribution in [1.82, 2.24) is 20.2 Å². The van der Waals surface area contributed by atoms with Crippen LogP contribution in [0.4, 0.5) is 5.95 Å². The third-order valence-corrected chi connectivity index (χ3v) is 7.37. The molecule has 1 N–H and O–H groups in total. The Bertz CT molecular complexity index is 749. The maximum atomic E-state index is 12.3. The van der Waals surface area contributed by atoms with Crippen molar-refractivity contribution in [2.24, 2.45) is 0 Å². The predicted octanol–water partition coefficient (Wildman–Crippen LogP) is 1.41. The second kappa shape index (κ2) is 8.01. The van der Waals surface area contributed by atoms with Gasteiger partial charge in [-0.25, -0.2) is 18.4 Å². The Morgan fingerprint density at radius 1 is 1.07 bits per heavy atom. The van der Waals surface area contributed by atoms with Crippen molar-refractivity contribution in [3.05, 3.63) is 11.9 Å². The molecule has 0 radical (unpaired) electrons. The van der Waals surface area contributed by atoms with E-state index in [1.165, 1.54) is 38.4 Å². The van der Waals surface area contributed by atoms with Crippen LogP contribution >= 0.6 is 0 Å². The van der Waals surface area contributed by atoms with E-state index in [0.717, 1.165) is 51.9 Å². The minimum atomic E-state index is -3.33. The molecule has 3 fully saturated rings. The highest BCUT2D eigenvalue weighted by Gasteiger charge is 2.29. The van der Waals surface area contributed by atoms with Crippen LogP contribution in [0.1, 0.15) is 50.1 Å². The number of rotatable bonds is 4. The van der Waals surface area contributed by atoms with Gasteiger partial charge in [0, 0.05) is 37.8 Å². The van der Waals surface area contributed by atoms with Crippen molar-refractivity contribution in [3.63, 3.8) is 0 Å². The van der Waals surface area contributed by atoms with Crippen LogP contribution in [0.2, 0.25) is 0 Å². The standard InChI is InChI=1S/C19H31N5O2S/c1-27(25,26)17-14-21-19(22-18(17)15-5-4-8-20-13-15)24-11-6-16(7-12-24)23-9-2-3-10-23/h14-16,20H,2-13H2,1H3/t15-/m0/s1. The SMILES string of the molecule is CS(=O)(=O)c1cnc(N2CCC(N3CCCC3)CC2)nc1[C@H]1CCCNC1. The first-order valence-corrected chi connectivity index (χ1v) is 12.2. The fourth-order valence-corrected chi connectivity index (χ4v) is 5.56. The maximum absolute atomic E-state index is 12.3. The van der Waals surface area contributed by atoms with Crippen LogP contribution in [0.5, 0.6) is 0 Å². The number of likely N-dealkylation sites (tertiary alicyclic amines) is 1. The van der Waals surface area contributed by atoms with E-state index < -0.39 is 9.84 Å². The first kappa shape index (κ1) is 19.1. The summed E-state index contributed by atoms with van der Waals surface area (Å²) in [5.41, 5.74) is 0.705. The zero-order chi connectivity index (χ0) is 18.9. The molecule has 27 heavy (non-hydrogen) atoms. The smallest absolute Gasteiger partial charge is 0.225 e. The highest BCUT2D eigenvalue weighted by atomic mass is 32.2. The number of hydrogen-bond donors (Lipinski definition) is 1. The van der Waals surface area contributed by atoms with Crippen LogP contribution in [0, 0.1) is 0 Å². The first-order valence-electron chi connectivity index (χ1n) is 10.3. The predicted molar refractivity (Wildman–Crippen MR) is 106 cm³/mol. The number of nitrogens with zero attached hydrogens (tertiary/aromatic N) is 4. The minimum absolute atomic E-state index is 0.146. The molecule has 0 aliphatic carbocycles. The molecule has 0 saturated carbocycles. The Kier molecular flexibility index (Phi) is 5.66. The molecule has 4 heterocycles. The lowest BCUT2D eigenvalue weighted by Crippen LogP contribution is -2.44. The Morgan fingerprint density at radius 3 is 2.44 bits per heavy atom. The van der Waals surface area contributed by atoms with Crippen LogP contribution in [0.25, 0.3) is 0 Å². The normalized spacial score (nSPS) is 25.8. The molecule has 0 unspecified atom stereocenters. The van der Waals surface area contributed by atoms with Crippen molar-refractivity contribution in [3.8, 4) is 0 Å². The second-order valence-corrected chi connectivity index (χ2v) is 10.2. The van der Waals surface area contributed by atoms with Gasteiger partial charge in [0.2, 0.25) is 5.95 Å². The summed E-state index contributed by atoms with van der Waals surface area (Å²) in [6, 6.07) is 0.682. The monoisotopic (exact) mass is 393 g/mol. The molecule has 1 aromatic rings. The van der Waals surface area contributed by atoms with E-state index in [9.17, 15) is 8.42 Å². The maximum Gasteiger partial charge on any atom is 0.225 e. The van der Waals surface area contributed by atoms with E-state index in [1.807, 2.05) is 0 Å². The van der Waals surface area contributed by atoms with E-state index in [2.05, 4.69) is 20.1 Å². The van der Waals surface area contributed by atoms with Crippen molar-refractivity contribution in [2.45, 2.75) is 55.4 Å². The molecule has 150 valence electrons. The third-order valence-electron chi connectivity index (χ3n) is 6.26. The average molecular weight is 394 g/mol. The molecular formula is C19H31N5O2S. The molecule has 0 amide bonds. The molecule has 3 aliphatic heterocycles. The molecule has 0 bridgehead atoms. The highest BCUT2D eigenvalue weighted by molar-refractivity contribution is 7.90.